The van der Waals surface area contributed by atoms with Crippen LogP contribution in [0.4, 0.5) is 0 Å². The molecule has 2 atom stereocenters. The second-order valence-corrected chi connectivity index (χ2v) is 4.00. The van der Waals surface area contributed by atoms with Crippen molar-refractivity contribution in [3.05, 3.63) is 29.3 Å². The first-order valence-electron chi connectivity index (χ1n) is 5.30. The Hall–Kier alpha value is -1.06. The molecule has 3 heteroatoms. The van der Waals surface area contributed by atoms with Gasteiger partial charge in [0.1, 0.15) is 11.9 Å². The predicted octanol–water partition coefficient (Wildman–Crippen LogP) is 1.43. The van der Waals surface area contributed by atoms with Crippen LogP contribution in [0.3, 0.4) is 0 Å². The van der Waals surface area contributed by atoms with Gasteiger partial charge in [0.05, 0.1) is 12.7 Å². The van der Waals surface area contributed by atoms with Crippen molar-refractivity contribution in [3.63, 3.8) is 0 Å². The summed E-state index contributed by atoms with van der Waals surface area (Å²) in [7, 11) is 0. The number of hydrogen-bond acceptors (Lipinski definition) is 3. The lowest BCUT2D eigenvalue weighted by Crippen LogP contribution is -2.15. The van der Waals surface area contributed by atoms with Crippen LogP contribution in [0.15, 0.2) is 18.2 Å². The smallest absolute Gasteiger partial charge is 0.122 e. The van der Waals surface area contributed by atoms with E-state index in [2.05, 4.69) is 0 Å². The highest BCUT2D eigenvalue weighted by Crippen LogP contribution is 2.28. The zero-order valence-electron chi connectivity index (χ0n) is 8.81. The normalized spacial score (nSPS) is 18.9. The van der Waals surface area contributed by atoms with Gasteiger partial charge in [-0.15, -0.1) is 0 Å². The lowest BCUT2D eigenvalue weighted by Gasteiger charge is -2.20. The Balaban J connectivity index is 2.27. The van der Waals surface area contributed by atoms with Crippen LogP contribution in [0.2, 0.25) is 0 Å². The van der Waals surface area contributed by atoms with Crippen molar-refractivity contribution in [2.75, 3.05) is 6.61 Å². The first kappa shape index (κ1) is 10.5. The number of benzene rings is 1. The molecule has 0 aromatic heterocycles. The molecule has 0 saturated heterocycles. The van der Waals surface area contributed by atoms with Crippen LogP contribution in [0, 0.1) is 0 Å². The molecule has 1 aliphatic heterocycles. The molecular weight excluding hydrogens is 192 g/mol. The van der Waals surface area contributed by atoms with Gasteiger partial charge in [-0.25, -0.2) is 0 Å². The van der Waals surface area contributed by atoms with Crippen LogP contribution in [0.5, 0.6) is 5.75 Å². The van der Waals surface area contributed by atoms with E-state index in [0.29, 0.717) is 0 Å². The van der Waals surface area contributed by atoms with Crippen molar-refractivity contribution in [3.8, 4) is 5.75 Å². The van der Waals surface area contributed by atoms with E-state index in [1.54, 1.807) is 6.92 Å². The molecule has 1 aromatic rings. The quantitative estimate of drug-likeness (QED) is 0.773. The minimum Gasteiger partial charge on any atom is -0.493 e. The lowest BCUT2D eigenvalue weighted by molar-refractivity contribution is 0.0304. The molecule has 1 heterocycles. The SMILES string of the molecule is CC(O)C(O)c1ccc2c(c1)CCCO2. The third-order valence-corrected chi connectivity index (χ3v) is 2.73. The fourth-order valence-electron chi connectivity index (χ4n) is 1.84. The van der Waals surface area contributed by atoms with Crippen LogP contribution in [-0.4, -0.2) is 22.9 Å². The summed E-state index contributed by atoms with van der Waals surface area (Å²) < 4.78 is 5.47. The maximum atomic E-state index is 9.71. The van der Waals surface area contributed by atoms with Crippen molar-refractivity contribution in [1.29, 1.82) is 0 Å². The summed E-state index contributed by atoms with van der Waals surface area (Å²) in [4.78, 5) is 0. The molecule has 0 aliphatic carbocycles. The van der Waals surface area contributed by atoms with Gasteiger partial charge in [-0.2, -0.15) is 0 Å². The molecule has 1 aliphatic rings. The van der Waals surface area contributed by atoms with E-state index in [4.69, 9.17) is 4.74 Å². The number of aliphatic hydroxyl groups excluding tert-OH is 2. The summed E-state index contributed by atoms with van der Waals surface area (Å²) >= 11 is 0. The molecule has 15 heavy (non-hydrogen) atoms. The molecule has 0 saturated carbocycles. The fourth-order valence-corrected chi connectivity index (χ4v) is 1.84. The minimum absolute atomic E-state index is 0.743. The maximum Gasteiger partial charge on any atom is 0.122 e. The summed E-state index contributed by atoms with van der Waals surface area (Å²) in [6, 6.07) is 5.60. The number of fused-ring (bicyclic) bond motifs is 1. The molecule has 1 aromatic carbocycles. The molecular formula is C12H16O3. The van der Waals surface area contributed by atoms with Gasteiger partial charge in [0, 0.05) is 0 Å². The standard InChI is InChI=1S/C12H16O3/c1-8(13)12(14)10-4-5-11-9(7-10)3-2-6-15-11/h4-5,7-8,12-14H,2-3,6H2,1H3. The predicted molar refractivity (Wildman–Crippen MR) is 56.9 cm³/mol. The molecule has 82 valence electrons. The summed E-state index contributed by atoms with van der Waals surface area (Å²) in [6.07, 6.45) is 0.446. The van der Waals surface area contributed by atoms with E-state index in [1.165, 1.54) is 0 Å². The maximum absolute atomic E-state index is 9.71. The Bertz CT molecular complexity index is 347. The van der Waals surface area contributed by atoms with Gasteiger partial charge in [-0.3, -0.25) is 0 Å². The highest BCUT2D eigenvalue weighted by atomic mass is 16.5. The fraction of sp³-hybridized carbons (Fsp3) is 0.500. The van der Waals surface area contributed by atoms with Crippen molar-refractivity contribution in [2.45, 2.75) is 32.0 Å². The number of rotatable bonds is 2. The summed E-state index contributed by atoms with van der Waals surface area (Å²) in [6.45, 7) is 2.35. The molecule has 2 unspecified atom stereocenters. The van der Waals surface area contributed by atoms with E-state index in [9.17, 15) is 10.2 Å². The Morgan fingerprint density at radius 2 is 2.13 bits per heavy atom. The Labute approximate surface area is 89.3 Å². The summed E-state index contributed by atoms with van der Waals surface area (Å²) in [5, 5.41) is 19.0. The van der Waals surface area contributed by atoms with E-state index in [1.807, 2.05) is 18.2 Å². The molecule has 0 radical (unpaired) electrons. The number of ether oxygens (including phenoxy) is 1. The van der Waals surface area contributed by atoms with Gasteiger partial charge in [0.2, 0.25) is 0 Å². The average molecular weight is 208 g/mol. The minimum atomic E-state index is -0.808. The molecule has 3 nitrogen and oxygen atoms in total. The largest absolute Gasteiger partial charge is 0.493 e. The molecule has 2 rings (SSSR count). The zero-order chi connectivity index (χ0) is 10.8. The number of aliphatic hydroxyl groups is 2. The second kappa shape index (κ2) is 4.21. The summed E-state index contributed by atoms with van der Waals surface area (Å²) in [5.74, 6) is 0.905. The van der Waals surface area contributed by atoms with Crippen molar-refractivity contribution in [1.82, 2.24) is 0 Å². The molecule has 0 fully saturated rings. The summed E-state index contributed by atoms with van der Waals surface area (Å²) in [5.41, 5.74) is 1.88. The van der Waals surface area contributed by atoms with Gasteiger partial charge < -0.3 is 14.9 Å². The highest BCUT2D eigenvalue weighted by molar-refractivity contribution is 5.39. The van der Waals surface area contributed by atoms with Crippen LogP contribution in [0.1, 0.15) is 30.6 Å². The molecule has 2 N–H and O–H groups in total. The van der Waals surface area contributed by atoms with E-state index in [0.717, 1.165) is 36.3 Å². The third-order valence-electron chi connectivity index (χ3n) is 2.73. The first-order chi connectivity index (χ1) is 7.18. The Morgan fingerprint density at radius 1 is 1.33 bits per heavy atom. The van der Waals surface area contributed by atoms with E-state index >= 15 is 0 Å². The van der Waals surface area contributed by atoms with Crippen LogP contribution >= 0.6 is 0 Å². The Morgan fingerprint density at radius 3 is 2.87 bits per heavy atom. The molecule has 0 bridgehead atoms. The van der Waals surface area contributed by atoms with Gasteiger partial charge in [-0.05, 0) is 43.0 Å². The van der Waals surface area contributed by atoms with Crippen molar-refractivity contribution in [2.24, 2.45) is 0 Å². The van der Waals surface area contributed by atoms with Gasteiger partial charge in [0.25, 0.3) is 0 Å². The Kier molecular flexibility index (Phi) is 2.93. The highest BCUT2D eigenvalue weighted by Gasteiger charge is 2.17. The molecule has 0 spiro atoms. The second-order valence-electron chi connectivity index (χ2n) is 4.00. The number of aryl methyl sites for hydroxylation is 1. The zero-order valence-corrected chi connectivity index (χ0v) is 8.81. The van der Waals surface area contributed by atoms with Crippen LogP contribution in [-0.2, 0) is 6.42 Å². The van der Waals surface area contributed by atoms with Crippen molar-refractivity contribution < 1.29 is 14.9 Å². The number of hydrogen-bond donors (Lipinski definition) is 2. The van der Waals surface area contributed by atoms with Crippen LogP contribution < -0.4 is 4.74 Å². The van der Waals surface area contributed by atoms with E-state index in [-0.39, 0.29) is 0 Å². The van der Waals surface area contributed by atoms with Crippen molar-refractivity contribution >= 4 is 0 Å². The topological polar surface area (TPSA) is 49.7 Å². The van der Waals surface area contributed by atoms with Crippen LogP contribution in [0.25, 0.3) is 0 Å². The average Bonchev–Trinajstić information content (AvgIpc) is 2.27. The van der Waals surface area contributed by atoms with Gasteiger partial charge >= 0.3 is 0 Å². The third kappa shape index (κ3) is 2.13. The monoisotopic (exact) mass is 208 g/mol. The first-order valence-corrected chi connectivity index (χ1v) is 5.30. The van der Waals surface area contributed by atoms with E-state index < -0.39 is 12.2 Å². The van der Waals surface area contributed by atoms with Gasteiger partial charge in [0.15, 0.2) is 0 Å². The van der Waals surface area contributed by atoms with Gasteiger partial charge in [-0.1, -0.05) is 6.07 Å². The lowest BCUT2D eigenvalue weighted by atomic mass is 9.99. The molecule has 0 amide bonds.